The van der Waals surface area contributed by atoms with Gasteiger partial charge in [0.1, 0.15) is 47.7 Å². The fourth-order valence-corrected chi connectivity index (χ4v) is 4.63. The number of aliphatic carboxylic acids is 1. The Morgan fingerprint density at radius 2 is 2.07 bits per heavy atom. The molecule has 11 nitrogen and oxygen atoms in total. The van der Waals surface area contributed by atoms with Crippen LogP contribution < -0.4 is 11.5 Å². The van der Waals surface area contributed by atoms with E-state index in [1.807, 2.05) is 6.26 Å². The Balaban J connectivity index is 0.00000280. The van der Waals surface area contributed by atoms with Crippen LogP contribution in [-0.4, -0.2) is 107 Å². The van der Waals surface area contributed by atoms with Gasteiger partial charge in [-0.15, -0.1) is 0 Å². The van der Waals surface area contributed by atoms with E-state index < -0.39 is 36.6 Å². The average Bonchev–Trinajstić information content (AvgIpc) is 3.17. The van der Waals surface area contributed by atoms with Gasteiger partial charge in [0, 0.05) is 6.42 Å². The maximum Gasteiger partial charge on any atom is 4.00 e. The fourth-order valence-electron chi connectivity index (χ4n) is 2.97. The molecule has 7 N–H and O–H groups in total. The van der Waals surface area contributed by atoms with E-state index in [9.17, 15) is 15.0 Å². The second kappa shape index (κ2) is 9.54. The molecule has 13 heteroatoms. The molecule has 0 amide bonds. The van der Waals surface area contributed by atoms with Crippen LogP contribution in [0, 0.1) is 0 Å². The number of fused-ring (bicyclic) bond motifs is 1. The number of imidazole rings is 1. The number of carboxylic acid groups (broad SMARTS) is 1. The molecule has 3 rings (SSSR count). The molecule has 1 fully saturated rings. The van der Waals surface area contributed by atoms with Crippen LogP contribution in [0.1, 0.15) is 12.6 Å². The van der Waals surface area contributed by atoms with Crippen LogP contribution in [-0.2, 0) is 20.4 Å². The number of ether oxygens (including phenoxy) is 1. The Morgan fingerprint density at radius 1 is 1.36 bits per heavy atom. The summed E-state index contributed by atoms with van der Waals surface area (Å²) in [6.45, 7) is 0. The molecule has 6 atom stereocenters. The van der Waals surface area contributed by atoms with Gasteiger partial charge in [-0.1, -0.05) is 0 Å². The molecular weight excluding hydrogens is 495 g/mol. The van der Waals surface area contributed by atoms with E-state index in [1.54, 1.807) is 0 Å². The number of hydrogen-bond acceptors (Lipinski definition) is 9. The SMILES string of the molecule is C[S+](CC[C@H](N)C(=O)O)C[C@H]1O[C@@H](n2cnc3c(N)ncnc32)[C@H](O)[C@@H]1O.[Sn+4]. The number of nitrogens with two attached hydrogens (primary N) is 2. The van der Waals surface area contributed by atoms with Crippen LogP contribution in [0.5, 0.6) is 0 Å². The maximum absolute atomic E-state index is 10.8. The van der Waals surface area contributed by atoms with Gasteiger partial charge < -0.3 is 31.5 Å². The van der Waals surface area contributed by atoms with Crippen LogP contribution >= 0.6 is 0 Å². The van der Waals surface area contributed by atoms with Gasteiger partial charge in [0.25, 0.3) is 0 Å². The Kier molecular flexibility index (Phi) is 7.87. The summed E-state index contributed by atoms with van der Waals surface area (Å²) in [7, 11) is -0.235. The van der Waals surface area contributed by atoms with Gasteiger partial charge in [-0.3, -0.25) is 9.36 Å². The van der Waals surface area contributed by atoms with E-state index in [4.69, 9.17) is 21.3 Å². The van der Waals surface area contributed by atoms with E-state index in [1.165, 1.54) is 17.2 Å². The number of aromatic nitrogens is 4. The zero-order chi connectivity index (χ0) is 19.7. The summed E-state index contributed by atoms with van der Waals surface area (Å²) < 4.78 is 7.41. The standard InChI is InChI=1S/C15H22N6O5S.Sn/c1-27(3-2-7(16)15(24)25)4-8-10(22)11(23)14(26-8)21-6-20-9-12(17)18-5-19-13(9)21;/h5-8,10-11,14,22-23H,2-4,16H2,1H3,(H2-,17,18,19,24,25);/q;+4/p+1/t7-,8+,10+,11+,14+,27?;/m0./s1. The Labute approximate surface area is 180 Å². The van der Waals surface area contributed by atoms with Gasteiger partial charge >= 0.3 is 29.9 Å². The van der Waals surface area contributed by atoms with Gasteiger partial charge in [0.15, 0.2) is 17.7 Å². The van der Waals surface area contributed by atoms with Gasteiger partial charge in [0.05, 0.1) is 12.6 Å². The molecule has 0 saturated carbocycles. The van der Waals surface area contributed by atoms with Crippen molar-refractivity contribution in [3.05, 3.63) is 12.7 Å². The molecule has 2 aromatic rings. The van der Waals surface area contributed by atoms with Crippen molar-refractivity contribution in [3.63, 3.8) is 0 Å². The maximum atomic E-state index is 10.8. The van der Waals surface area contributed by atoms with Crippen LogP contribution in [0.4, 0.5) is 5.82 Å². The van der Waals surface area contributed by atoms with Crippen molar-refractivity contribution in [1.82, 2.24) is 19.5 Å². The average molecular weight is 518 g/mol. The van der Waals surface area contributed by atoms with Crippen LogP contribution in [0.2, 0.25) is 0 Å². The Morgan fingerprint density at radius 3 is 2.75 bits per heavy atom. The Bertz CT molecular complexity index is 825. The minimum atomic E-state index is -1.16. The number of anilines is 1. The van der Waals surface area contributed by atoms with Crippen molar-refractivity contribution in [3.8, 4) is 0 Å². The third-order valence-electron chi connectivity index (χ3n) is 4.54. The zero-order valence-corrected chi connectivity index (χ0v) is 18.8. The first-order valence-electron chi connectivity index (χ1n) is 8.31. The number of aliphatic hydroxyl groups excluding tert-OH is 2. The van der Waals surface area contributed by atoms with E-state index >= 15 is 0 Å². The summed E-state index contributed by atoms with van der Waals surface area (Å²) in [6.07, 6.45) is 1.31. The zero-order valence-electron chi connectivity index (χ0n) is 15.2. The quantitative estimate of drug-likeness (QED) is 0.197. The minimum absolute atomic E-state index is 0. The van der Waals surface area contributed by atoms with Crippen LogP contribution in [0.25, 0.3) is 11.2 Å². The number of aliphatic hydroxyl groups is 2. The van der Waals surface area contributed by atoms with Gasteiger partial charge in [-0.2, -0.15) is 0 Å². The number of nitrogens with zero attached hydrogens (tertiary/aromatic N) is 4. The first-order valence-corrected chi connectivity index (χ1v) is 10.3. The Hall–Kier alpha value is -1.19. The van der Waals surface area contributed by atoms with E-state index in [0.29, 0.717) is 29.1 Å². The summed E-state index contributed by atoms with van der Waals surface area (Å²) in [5.41, 5.74) is 12.1. The predicted molar refractivity (Wildman–Crippen MR) is 105 cm³/mol. The second-order valence-electron chi connectivity index (χ2n) is 6.51. The minimum Gasteiger partial charge on any atom is -0.480 e. The van der Waals surface area contributed by atoms with Gasteiger partial charge in [0.2, 0.25) is 0 Å². The molecule has 148 valence electrons. The molecule has 0 radical (unpaired) electrons. The summed E-state index contributed by atoms with van der Waals surface area (Å²) in [5, 5.41) is 29.7. The summed E-state index contributed by atoms with van der Waals surface area (Å²) in [4.78, 5) is 23.0. The summed E-state index contributed by atoms with van der Waals surface area (Å²) in [6, 6.07) is -0.907. The molecule has 3 heterocycles. The number of hydrogen-bond donors (Lipinski definition) is 5. The predicted octanol–water partition coefficient (Wildman–Crippen LogP) is -2.30. The fraction of sp³-hybridized carbons (Fsp3) is 0.600. The van der Waals surface area contributed by atoms with Crippen molar-refractivity contribution >= 4 is 57.8 Å². The number of carbonyl (C=O) groups is 1. The van der Waals surface area contributed by atoms with Crippen molar-refractivity contribution in [2.75, 3.05) is 23.5 Å². The molecular formula is C15H23N6O5SSn+5. The monoisotopic (exact) mass is 519 g/mol. The second-order valence-corrected chi connectivity index (χ2v) is 8.82. The van der Waals surface area contributed by atoms with Crippen molar-refractivity contribution in [1.29, 1.82) is 0 Å². The molecule has 1 aliphatic heterocycles. The molecule has 1 saturated heterocycles. The van der Waals surface area contributed by atoms with Crippen molar-refractivity contribution < 1.29 is 24.9 Å². The third-order valence-corrected chi connectivity index (χ3v) is 6.37. The third kappa shape index (κ3) is 4.68. The molecule has 1 unspecified atom stereocenters. The summed E-state index contributed by atoms with van der Waals surface area (Å²) in [5.74, 6) is 0.254. The normalized spacial score (nSPS) is 26.7. The molecule has 0 aliphatic carbocycles. The number of rotatable bonds is 7. The topological polar surface area (TPSA) is 183 Å². The number of nitrogen functional groups attached to an aromatic ring is 1. The molecule has 0 aromatic carbocycles. The van der Waals surface area contributed by atoms with Gasteiger partial charge in [-0.25, -0.2) is 15.0 Å². The first kappa shape index (κ1) is 23.1. The molecule has 0 bridgehead atoms. The van der Waals surface area contributed by atoms with E-state index in [0.717, 1.165) is 0 Å². The van der Waals surface area contributed by atoms with Crippen molar-refractivity contribution in [2.24, 2.45) is 5.73 Å². The van der Waals surface area contributed by atoms with Gasteiger partial charge in [-0.05, 0) is 10.9 Å². The number of carboxylic acids is 1. The largest absolute Gasteiger partial charge is 4.00 e. The van der Waals surface area contributed by atoms with Crippen molar-refractivity contribution in [2.45, 2.75) is 37.0 Å². The molecule has 0 spiro atoms. The summed E-state index contributed by atoms with van der Waals surface area (Å²) >= 11 is 0. The smallest absolute Gasteiger partial charge is 0.480 e. The van der Waals surface area contributed by atoms with E-state index in [2.05, 4.69) is 15.0 Å². The van der Waals surface area contributed by atoms with Crippen LogP contribution in [0.3, 0.4) is 0 Å². The molecule has 1 aliphatic rings. The molecule has 28 heavy (non-hydrogen) atoms. The van der Waals surface area contributed by atoms with Crippen LogP contribution in [0.15, 0.2) is 12.7 Å². The molecule has 2 aromatic heterocycles. The van der Waals surface area contributed by atoms with E-state index in [-0.39, 0.29) is 40.6 Å². The first-order chi connectivity index (χ1) is 12.8.